The standard InChI is InChI=1S/C21H13FO4S/c22-14-5-3-13(4-6-14)18(23)12-25-15-7-8-17-19(10-15)26-20(21(17)24)11-16-2-1-9-27-16/h1-11H,12H2. The predicted molar refractivity (Wildman–Crippen MR) is 99.9 cm³/mol. The Bertz CT molecular complexity index is 1040. The Balaban J connectivity index is 1.46. The predicted octanol–water partition coefficient (Wildman–Crippen LogP) is 4.77. The van der Waals surface area contributed by atoms with Crippen LogP contribution >= 0.6 is 11.3 Å². The molecule has 4 nitrogen and oxygen atoms in total. The number of benzene rings is 2. The molecule has 3 aromatic rings. The third kappa shape index (κ3) is 3.66. The molecule has 27 heavy (non-hydrogen) atoms. The topological polar surface area (TPSA) is 52.6 Å². The van der Waals surface area contributed by atoms with Crippen LogP contribution in [0, 0.1) is 5.82 Å². The molecular weight excluding hydrogens is 367 g/mol. The fourth-order valence-electron chi connectivity index (χ4n) is 2.63. The molecule has 0 saturated heterocycles. The van der Waals surface area contributed by atoms with Gasteiger partial charge in [0.15, 0.2) is 18.1 Å². The minimum absolute atomic E-state index is 0.188. The fourth-order valence-corrected chi connectivity index (χ4v) is 3.27. The molecular formula is C21H13FO4S. The lowest BCUT2D eigenvalue weighted by Crippen LogP contribution is -2.11. The molecule has 4 rings (SSSR count). The van der Waals surface area contributed by atoms with Crippen LogP contribution in [0.25, 0.3) is 6.08 Å². The average Bonchev–Trinajstić information content (AvgIpc) is 3.29. The molecule has 0 atom stereocenters. The Labute approximate surface area is 158 Å². The van der Waals surface area contributed by atoms with Crippen LogP contribution in [-0.2, 0) is 0 Å². The number of hydrogen-bond acceptors (Lipinski definition) is 5. The summed E-state index contributed by atoms with van der Waals surface area (Å²) in [6.45, 7) is -0.198. The quantitative estimate of drug-likeness (QED) is 0.473. The molecule has 0 unspecified atom stereocenters. The highest BCUT2D eigenvalue weighted by molar-refractivity contribution is 7.10. The van der Waals surface area contributed by atoms with E-state index in [0.29, 0.717) is 22.6 Å². The SMILES string of the molecule is O=C(COc1ccc2c(c1)OC(=Cc1cccs1)C2=O)c1ccc(F)cc1. The average molecular weight is 380 g/mol. The minimum Gasteiger partial charge on any atom is -0.485 e. The highest BCUT2D eigenvalue weighted by Gasteiger charge is 2.27. The van der Waals surface area contributed by atoms with Crippen LogP contribution in [0.3, 0.4) is 0 Å². The first-order valence-electron chi connectivity index (χ1n) is 8.13. The van der Waals surface area contributed by atoms with Gasteiger partial charge in [-0.15, -0.1) is 11.3 Å². The van der Waals surface area contributed by atoms with Crippen molar-refractivity contribution in [1.29, 1.82) is 0 Å². The van der Waals surface area contributed by atoms with Gasteiger partial charge in [-0.3, -0.25) is 9.59 Å². The minimum atomic E-state index is -0.403. The number of ether oxygens (including phenoxy) is 2. The lowest BCUT2D eigenvalue weighted by atomic mass is 10.1. The molecule has 6 heteroatoms. The zero-order chi connectivity index (χ0) is 18.8. The molecule has 0 bridgehead atoms. The number of hydrogen-bond donors (Lipinski definition) is 0. The number of rotatable bonds is 5. The fraction of sp³-hybridized carbons (Fsp3) is 0.0476. The number of carbonyl (C=O) groups is 2. The van der Waals surface area contributed by atoms with Gasteiger partial charge in [0.25, 0.3) is 0 Å². The highest BCUT2D eigenvalue weighted by atomic mass is 32.1. The first kappa shape index (κ1) is 17.2. The number of carbonyl (C=O) groups excluding carboxylic acids is 2. The summed E-state index contributed by atoms with van der Waals surface area (Å²) in [5.74, 6) is 0.202. The normalized spacial score (nSPS) is 14.1. The molecule has 1 aliphatic heterocycles. The first-order valence-corrected chi connectivity index (χ1v) is 9.01. The van der Waals surface area contributed by atoms with Crippen molar-refractivity contribution in [2.45, 2.75) is 0 Å². The number of Topliss-reactive ketones (excluding diaryl/α,β-unsaturated/α-hetero) is 2. The summed E-state index contributed by atoms with van der Waals surface area (Å²) in [5.41, 5.74) is 0.820. The van der Waals surface area contributed by atoms with E-state index in [1.165, 1.54) is 35.6 Å². The van der Waals surface area contributed by atoms with Crippen LogP contribution in [0.5, 0.6) is 11.5 Å². The molecule has 2 heterocycles. The molecule has 134 valence electrons. The van der Waals surface area contributed by atoms with Crippen LogP contribution < -0.4 is 9.47 Å². The first-order chi connectivity index (χ1) is 13.1. The maximum Gasteiger partial charge on any atom is 0.232 e. The molecule has 1 aliphatic rings. The number of fused-ring (bicyclic) bond motifs is 1. The van der Waals surface area contributed by atoms with Crippen LogP contribution in [0.2, 0.25) is 0 Å². The Morgan fingerprint density at radius 2 is 1.96 bits per heavy atom. The number of thiophene rings is 1. The summed E-state index contributed by atoms with van der Waals surface area (Å²) in [4.78, 5) is 25.4. The van der Waals surface area contributed by atoms with E-state index >= 15 is 0 Å². The smallest absolute Gasteiger partial charge is 0.232 e. The largest absolute Gasteiger partial charge is 0.485 e. The van der Waals surface area contributed by atoms with E-state index in [1.807, 2.05) is 17.5 Å². The van der Waals surface area contributed by atoms with Gasteiger partial charge in [0.2, 0.25) is 5.78 Å². The Kier molecular flexibility index (Phi) is 4.56. The third-order valence-corrected chi connectivity index (χ3v) is 4.81. The summed E-state index contributed by atoms with van der Waals surface area (Å²) in [7, 11) is 0. The van der Waals surface area contributed by atoms with E-state index in [4.69, 9.17) is 9.47 Å². The molecule has 0 spiro atoms. The van der Waals surface area contributed by atoms with Crippen molar-refractivity contribution in [3.63, 3.8) is 0 Å². The summed E-state index contributed by atoms with van der Waals surface area (Å²) in [6, 6.07) is 13.9. The number of allylic oxidation sites excluding steroid dienone is 1. The molecule has 0 N–H and O–H groups in total. The second-order valence-electron chi connectivity index (χ2n) is 5.83. The molecule has 0 amide bonds. The van der Waals surface area contributed by atoms with Crippen molar-refractivity contribution in [3.05, 3.63) is 87.6 Å². The van der Waals surface area contributed by atoms with E-state index < -0.39 is 5.82 Å². The van der Waals surface area contributed by atoms with Gasteiger partial charge in [0.05, 0.1) is 5.56 Å². The van der Waals surface area contributed by atoms with Gasteiger partial charge in [0, 0.05) is 22.6 Å². The monoisotopic (exact) mass is 380 g/mol. The lowest BCUT2D eigenvalue weighted by molar-refractivity contribution is 0.0920. The van der Waals surface area contributed by atoms with E-state index in [1.54, 1.807) is 24.3 Å². The van der Waals surface area contributed by atoms with E-state index in [9.17, 15) is 14.0 Å². The van der Waals surface area contributed by atoms with Crippen LogP contribution in [-0.4, -0.2) is 18.2 Å². The number of halogens is 1. The van der Waals surface area contributed by atoms with Gasteiger partial charge < -0.3 is 9.47 Å². The number of ketones is 2. The van der Waals surface area contributed by atoms with Gasteiger partial charge >= 0.3 is 0 Å². The Morgan fingerprint density at radius 1 is 1.15 bits per heavy atom. The summed E-state index contributed by atoms with van der Waals surface area (Å²) >= 11 is 1.51. The second-order valence-corrected chi connectivity index (χ2v) is 6.81. The maximum atomic E-state index is 12.9. The molecule has 0 aliphatic carbocycles. The van der Waals surface area contributed by atoms with Crippen molar-refractivity contribution in [2.75, 3.05) is 6.61 Å². The van der Waals surface area contributed by atoms with Crippen LogP contribution in [0.4, 0.5) is 4.39 Å². The molecule has 0 radical (unpaired) electrons. The van der Waals surface area contributed by atoms with E-state index in [0.717, 1.165) is 4.88 Å². The van der Waals surface area contributed by atoms with Gasteiger partial charge in [-0.1, -0.05) is 6.07 Å². The van der Waals surface area contributed by atoms with Crippen molar-refractivity contribution in [2.24, 2.45) is 0 Å². The molecule has 1 aromatic heterocycles. The summed E-state index contributed by atoms with van der Waals surface area (Å²) in [6.07, 6.45) is 1.70. The van der Waals surface area contributed by atoms with Crippen LogP contribution in [0.1, 0.15) is 25.6 Å². The van der Waals surface area contributed by atoms with E-state index in [2.05, 4.69) is 0 Å². The van der Waals surface area contributed by atoms with E-state index in [-0.39, 0.29) is 23.9 Å². The van der Waals surface area contributed by atoms with Gasteiger partial charge in [-0.2, -0.15) is 0 Å². The molecule has 2 aromatic carbocycles. The third-order valence-electron chi connectivity index (χ3n) is 3.99. The summed E-state index contributed by atoms with van der Waals surface area (Å²) in [5, 5.41) is 1.92. The van der Waals surface area contributed by atoms with Gasteiger partial charge in [-0.05, 0) is 47.8 Å². The lowest BCUT2D eigenvalue weighted by Gasteiger charge is -2.07. The molecule has 0 saturated carbocycles. The second kappa shape index (κ2) is 7.17. The zero-order valence-electron chi connectivity index (χ0n) is 14.0. The van der Waals surface area contributed by atoms with Crippen molar-refractivity contribution in [1.82, 2.24) is 0 Å². The maximum absolute atomic E-state index is 12.9. The van der Waals surface area contributed by atoms with Gasteiger partial charge in [0.1, 0.15) is 17.3 Å². The van der Waals surface area contributed by atoms with Crippen molar-refractivity contribution in [3.8, 4) is 11.5 Å². The highest BCUT2D eigenvalue weighted by Crippen LogP contribution is 2.35. The van der Waals surface area contributed by atoms with Crippen molar-refractivity contribution >= 4 is 29.0 Å². The van der Waals surface area contributed by atoms with Crippen molar-refractivity contribution < 1.29 is 23.5 Å². The Hall–Kier alpha value is -3.25. The van der Waals surface area contributed by atoms with Gasteiger partial charge in [-0.25, -0.2) is 4.39 Å². The molecule has 0 fully saturated rings. The zero-order valence-corrected chi connectivity index (χ0v) is 14.8. The van der Waals surface area contributed by atoms with Crippen LogP contribution in [0.15, 0.2) is 65.7 Å². The Morgan fingerprint density at radius 3 is 2.70 bits per heavy atom. The summed E-state index contributed by atoms with van der Waals surface area (Å²) < 4.78 is 24.1.